The number of carbonyl (C=O) groups excluding carboxylic acids is 1. The van der Waals surface area contributed by atoms with Gasteiger partial charge in [0.1, 0.15) is 10.6 Å². The van der Waals surface area contributed by atoms with Crippen LogP contribution in [0.5, 0.6) is 0 Å². The molecule has 0 saturated heterocycles. The van der Waals surface area contributed by atoms with E-state index in [0.29, 0.717) is 4.88 Å². The van der Waals surface area contributed by atoms with Gasteiger partial charge < -0.3 is 5.32 Å². The van der Waals surface area contributed by atoms with Crippen LogP contribution >= 0.6 is 11.3 Å². The number of hydrogen-bond acceptors (Lipinski definition) is 3. The van der Waals surface area contributed by atoms with Crippen molar-refractivity contribution >= 4 is 33.1 Å². The van der Waals surface area contributed by atoms with Crippen molar-refractivity contribution in [1.29, 1.82) is 0 Å². The summed E-state index contributed by atoms with van der Waals surface area (Å²) in [5.74, 6) is -0.783. The lowest BCUT2D eigenvalue weighted by molar-refractivity contribution is 0.103. The first-order valence-electron chi connectivity index (χ1n) is 7.74. The van der Waals surface area contributed by atoms with Crippen molar-refractivity contribution in [2.75, 3.05) is 5.32 Å². The van der Waals surface area contributed by atoms with Gasteiger partial charge in [0.15, 0.2) is 0 Å². The topological polar surface area (TPSA) is 46.9 Å². The van der Waals surface area contributed by atoms with Crippen LogP contribution in [0.3, 0.4) is 0 Å². The minimum atomic E-state index is -0.455. The van der Waals surface area contributed by atoms with Crippen LogP contribution in [0.4, 0.5) is 10.1 Å². The Morgan fingerprint density at radius 1 is 1.12 bits per heavy atom. The highest BCUT2D eigenvalue weighted by Crippen LogP contribution is 2.31. The summed E-state index contributed by atoms with van der Waals surface area (Å²) < 4.78 is 15.6. The maximum absolute atomic E-state index is 13.7. The van der Waals surface area contributed by atoms with E-state index >= 15 is 0 Å². The summed E-state index contributed by atoms with van der Waals surface area (Å²) >= 11 is 1.34. The molecule has 4 nitrogen and oxygen atoms in total. The van der Waals surface area contributed by atoms with Gasteiger partial charge in [-0.3, -0.25) is 4.79 Å². The van der Waals surface area contributed by atoms with E-state index in [4.69, 9.17) is 0 Å². The molecular formula is C19H14FN3OS. The summed E-state index contributed by atoms with van der Waals surface area (Å²) in [7, 11) is 0. The van der Waals surface area contributed by atoms with E-state index in [9.17, 15) is 9.18 Å². The molecule has 124 valence electrons. The van der Waals surface area contributed by atoms with Crippen LogP contribution in [-0.4, -0.2) is 15.7 Å². The van der Waals surface area contributed by atoms with E-state index < -0.39 is 5.82 Å². The summed E-state index contributed by atoms with van der Waals surface area (Å²) in [6.07, 6.45) is 0. The number of carbonyl (C=O) groups is 1. The third kappa shape index (κ3) is 2.81. The fourth-order valence-electron chi connectivity index (χ4n) is 2.65. The molecule has 0 radical (unpaired) electrons. The molecule has 1 amide bonds. The lowest BCUT2D eigenvalue weighted by Gasteiger charge is -2.04. The minimum Gasteiger partial charge on any atom is -0.319 e. The van der Waals surface area contributed by atoms with E-state index in [0.717, 1.165) is 21.6 Å². The molecule has 6 heteroatoms. The first kappa shape index (κ1) is 15.5. The van der Waals surface area contributed by atoms with Crippen LogP contribution in [-0.2, 0) is 0 Å². The van der Waals surface area contributed by atoms with Gasteiger partial charge in [-0.15, -0.1) is 11.3 Å². The van der Waals surface area contributed by atoms with Gasteiger partial charge in [0.25, 0.3) is 5.91 Å². The molecule has 0 aliphatic rings. The second-order valence-corrected chi connectivity index (χ2v) is 6.63. The molecule has 2 heterocycles. The Morgan fingerprint density at radius 3 is 2.60 bits per heavy atom. The quantitative estimate of drug-likeness (QED) is 0.577. The zero-order valence-corrected chi connectivity index (χ0v) is 14.2. The molecule has 0 saturated carbocycles. The lowest BCUT2D eigenvalue weighted by Crippen LogP contribution is -2.11. The Kier molecular flexibility index (Phi) is 3.82. The molecule has 0 spiro atoms. The van der Waals surface area contributed by atoms with Gasteiger partial charge in [0.05, 0.1) is 21.9 Å². The van der Waals surface area contributed by atoms with Gasteiger partial charge >= 0.3 is 0 Å². The van der Waals surface area contributed by atoms with Crippen molar-refractivity contribution in [2.24, 2.45) is 0 Å². The summed E-state index contributed by atoms with van der Waals surface area (Å²) in [6, 6.07) is 17.7. The molecule has 1 N–H and O–H groups in total. The van der Waals surface area contributed by atoms with Crippen molar-refractivity contribution < 1.29 is 9.18 Å². The predicted octanol–water partition coefficient (Wildman–Crippen LogP) is 4.79. The Bertz CT molecular complexity index is 1070. The first-order chi connectivity index (χ1) is 12.1. The second kappa shape index (κ2) is 6.14. The van der Waals surface area contributed by atoms with Gasteiger partial charge in [-0.25, -0.2) is 9.07 Å². The van der Waals surface area contributed by atoms with Crippen LogP contribution < -0.4 is 5.32 Å². The number of rotatable bonds is 3. The summed E-state index contributed by atoms with van der Waals surface area (Å²) in [4.78, 5) is 13.9. The highest BCUT2D eigenvalue weighted by molar-refractivity contribution is 7.20. The average molecular weight is 351 g/mol. The number of hydrogen-bond donors (Lipinski definition) is 1. The lowest BCUT2D eigenvalue weighted by atomic mass is 10.2. The van der Waals surface area contributed by atoms with Crippen molar-refractivity contribution in [3.63, 3.8) is 0 Å². The van der Waals surface area contributed by atoms with Crippen LogP contribution in [0.2, 0.25) is 0 Å². The third-order valence-electron chi connectivity index (χ3n) is 3.89. The molecule has 4 rings (SSSR count). The van der Waals surface area contributed by atoms with Gasteiger partial charge in [-0.1, -0.05) is 30.3 Å². The van der Waals surface area contributed by atoms with Crippen molar-refractivity contribution in [3.05, 3.63) is 77.1 Å². The number of anilines is 1. The van der Waals surface area contributed by atoms with E-state index in [-0.39, 0.29) is 11.6 Å². The maximum atomic E-state index is 13.7. The second-order valence-electron chi connectivity index (χ2n) is 5.60. The predicted molar refractivity (Wildman–Crippen MR) is 98.0 cm³/mol. The standard InChI is InChI=1S/C19H14FN3OS/c1-12-14-11-17(18(24)21-16-10-6-5-9-15(16)20)25-19(14)23(22-12)13-7-3-2-4-8-13/h2-11H,1H3,(H,21,24). The van der Waals surface area contributed by atoms with Gasteiger partial charge in [-0.2, -0.15) is 5.10 Å². The molecule has 0 aliphatic carbocycles. The summed E-state index contributed by atoms with van der Waals surface area (Å²) in [5.41, 5.74) is 1.95. The van der Waals surface area contributed by atoms with E-state index in [1.54, 1.807) is 18.2 Å². The molecule has 2 aromatic carbocycles. The molecule has 0 unspecified atom stereocenters. The Morgan fingerprint density at radius 2 is 1.84 bits per heavy atom. The number of aromatic nitrogens is 2. The highest BCUT2D eigenvalue weighted by atomic mass is 32.1. The van der Waals surface area contributed by atoms with Crippen molar-refractivity contribution in [1.82, 2.24) is 9.78 Å². The molecule has 0 bridgehead atoms. The highest BCUT2D eigenvalue weighted by Gasteiger charge is 2.18. The molecule has 4 aromatic rings. The molecule has 0 atom stereocenters. The average Bonchev–Trinajstić information content (AvgIpc) is 3.19. The normalized spacial score (nSPS) is 11.0. The van der Waals surface area contributed by atoms with Crippen LogP contribution in [0.15, 0.2) is 60.7 Å². The van der Waals surface area contributed by atoms with Crippen molar-refractivity contribution in [3.8, 4) is 5.69 Å². The fourth-order valence-corrected chi connectivity index (χ4v) is 3.73. The minimum absolute atomic E-state index is 0.173. The monoisotopic (exact) mass is 351 g/mol. The summed E-state index contributed by atoms with van der Waals surface area (Å²) in [6.45, 7) is 1.91. The van der Waals surface area contributed by atoms with E-state index in [1.165, 1.54) is 23.5 Å². The SMILES string of the molecule is Cc1nn(-c2ccccc2)c2sc(C(=O)Nc3ccccc3F)cc12. The van der Waals surface area contributed by atoms with E-state index in [2.05, 4.69) is 10.4 Å². The van der Waals surface area contributed by atoms with Crippen LogP contribution in [0.25, 0.3) is 15.9 Å². The van der Waals surface area contributed by atoms with Crippen molar-refractivity contribution in [2.45, 2.75) is 6.92 Å². The Hall–Kier alpha value is -2.99. The number of thiophene rings is 1. The summed E-state index contributed by atoms with van der Waals surface area (Å²) in [5, 5.41) is 8.10. The van der Waals surface area contributed by atoms with Gasteiger partial charge in [-0.05, 0) is 37.3 Å². The Balaban J connectivity index is 1.72. The zero-order valence-electron chi connectivity index (χ0n) is 13.4. The largest absolute Gasteiger partial charge is 0.319 e. The van der Waals surface area contributed by atoms with Crippen LogP contribution in [0.1, 0.15) is 15.4 Å². The number of amides is 1. The third-order valence-corrected chi connectivity index (χ3v) is 5.00. The van der Waals surface area contributed by atoms with Gasteiger partial charge in [0, 0.05) is 5.39 Å². The number of benzene rings is 2. The number of nitrogens with zero attached hydrogens (tertiary/aromatic N) is 2. The smallest absolute Gasteiger partial charge is 0.265 e. The van der Waals surface area contributed by atoms with Gasteiger partial charge in [0.2, 0.25) is 0 Å². The number of para-hydroxylation sites is 2. The fraction of sp³-hybridized carbons (Fsp3) is 0.0526. The molecule has 2 aromatic heterocycles. The van der Waals surface area contributed by atoms with E-state index in [1.807, 2.05) is 41.9 Å². The molecular weight excluding hydrogens is 337 g/mol. The first-order valence-corrected chi connectivity index (χ1v) is 8.55. The Labute approximate surface area is 147 Å². The number of nitrogens with one attached hydrogen (secondary N) is 1. The molecule has 25 heavy (non-hydrogen) atoms. The van der Waals surface area contributed by atoms with Crippen LogP contribution in [0, 0.1) is 12.7 Å². The number of fused-ring (bicyclic) bond motifs is 1. The number of halogens is 1. The maximum Gasteiger partial charge on any atom is 0.265 e. The molecule has 0 aliphatic heterocycles. The molecule has 0 fully saturated rings. The number of aryl methyl sites for hydroxylation is 1. The zero-order chi connectivity index (χ0) is 17.4.